The highest BCUT2D eigenvalue weighted by Crippen LogP contribution is 2.21. The molecular weight excluding hydrogens is 180 g/mol. The summed E-state index contributed by atoms with van der Waals surface area (Å²) in [7, 11) is 0. The van der Waals surface area contributed by atoms with Crippen LogP contribution in [0.4, 0.5) is 0 Å². The zero-order valence-electron chi connectivity index (χ0n) is 8.15. The summed E-state index contributed by atoms with van der Waals surface area (Å²) in [5.41, 5.74) is 1.88. The zero-order chi connectivity index (χ0) is 10.7. The van der Waals surface area contributed by atoms with Crippen LogP contribution in [-0.4, -0.2) is 17.4 Å². The van der Waals surface area contributed by atoms with Crippen LogP contribution in [-0.2, 0) is 4.79 Å². The molecule has 1 unspecified atom stereocenters. The number of hydrogen-bond acceptors (Lipinski definition) is 2. The number of carboxylic acids is 1. The number of benzene rings is 1. The third-order valence-corrected chi connectivity index (χ3v) is 2.31. The molecule has 0 aliphatic heterocycles. The Morgan fingerprint density at radius 1 is 1.50 bits per heavy atom. The lowest BCUT2D eigenvalue weighted by Gasteiger charge is -2.10. The maximum absolute atomic E-state index is 10.8. The fraction of sp³-hybridized carbons (Fsp3) is 0.273. The van der Waals surface area contributed by atoms with E-state index in [4.69, 9.17) is 5.11 Å². The van der Waals surface area contributed by atoms with Gasteiger partial charge in [-0.25, -0.2) is 0 Å². The molecule has 74 valence electrons. The molecule has 0 aliphatic rings. The largest absolute Gasteiger partial charge is 0.481 e. The minimum Gasteiger partial charge on any atom is -0.481 e. The van der Waals surface area contributed by atoms with E-state index in [9.17, 15) is 9.59 Å². The second kappa shape index (κ2) is 4.05. The van der Waals surface area contributed by atoms with Crippen LogP contribution in [0.1, 0.15) is 34.3 Å². The Balaban J connectivity index is 3.26. The van der Waals surface area contributed by atoms with Gasteiger partial charge >= 0.3 is 5.97 Å². The number of hydrogen-bond donors (Lipinski definition) is 1. The lowest BCUT2D eigenvalue weighted by atomic mass is 9.93. The van der Waals surface area contributed by atoms with Gasteiger partial charge in [0.1, 0.15) is 0 Å². The van der Waals surface area contributed by atoms with Crippen LogP contribution in [0.2, 0.25) is 0 Å². The Bertz CT molecular complexity index is 369. The molecule has 0 heterocycles. The third-order valence-electron chi connectivity index (χ3n) is 2.31. The van der Waals surface area contributed by atoms with Gasteiger partial charge in [-0.3, -0.25) is 9.59 Å². The Kier molecular flexibility index (Phi) is 3.02. The fourth-order valence-corrected chi connectivity index (χ4v) is 1.37. The molecule has 0 spiro atoms. The summed E-state index contributed by atoms with van der Waals surface area (Å²) in [4.78, 5) is 21.5. The average molecular weight is 192 g/mol. The summed E-state index contributed by atoms with van der Waals surface area (Å²) >= 11 is 0. The Hall–Kier alpha value is -1.64. The molecule has 0 fully saturated rings. The highest BCUT2D eigenvalue weighted by Gasteiger charge is 2.17. The highest BCUT2D eigenvalue weighted by atomic mass is 16.4. The second-order valence-corrected chi connectivity index (χ2v) is 3.26. The van der Waals surface area contributed by atoms with Crippen molar-refractivity contribution in [1.82, 2.24) is 0 Å². The molecule has 1 aromatic rings. The summed E-state index contributed by atoms with van der Waals surface area (Å²) < 4.78 is 0. The standard InChI is InChI=1S/C11H12O3/c1-7-4-3-5-9(10(7)6-12)8(2)11(13)14/h3-6,8H,1-2H3,(H,13,14). The lowest BCUT2D eigenvalue weighted by molar-refractivity contribution is -0.138. The lowest BCUT2D eigenvalue weighted by Crippen LogP contribution is -2.10. The first-order chi connectivity index (χ1) is 6.57. The Labute approximate surface area is 82.4 Å². The smallest absolute Gasteiger partial charge is 0.310 e. The minimum absolute atomic E-state index is 0.488. The molecule has 0 radical (unpaired) electrons. The zero-order valence-corrected chi connectivity index (χ0v) is 8.15. The molecule has 0 aromatic heterocycles. The molecule has 1 aromatic carbocycles. The molecule has 3 heteroatoms. The maximum Gasteiger partial charge on any atom is 0.310 e. The van der Waals surface area contributed by atoms with Crippen molar-refractivity contribution in [3.05, 3.63) is 34.9 Å². The molecule has 0 saturated heterocycles. The van der Waals surface area contributed by atoms with Gasteiger partial charge in [-0.1, -0.05) is 18.2 Å². The van der Waals surface area contributed by atoms with Crippen LogP contribution >= 0.6 is 0 Å². The predicted molar refractivity (Wildman–Crippen MR) is 52.6 cm³/mol. The number of carbonyl (C=O) groups excluding carboxylic acids is 1. The summed E-state index contributed by atoms with van der Waals surface area (Å²) in [5, 5.41) is 8.83. The van der Waals surface area contributed by atoms with Crippen molar-refractivity contribution < 1.29 is 14.7 Å². The molecule has 1 atom stereocenters. The summed E-state index contributed by atoms with van der Waals surface area (Å²) in [6, 6.07) is 5.23. The molecule has 0 saturated carbocycles. The van der Waals surface area contributed by atoms with Crippen LogP contribution in [0.25, 0.3) is 0 Å². The Morgan fingerprint density at radius 3 is 2.64 bits per heavy atom. The summed E-state index contributed by atoms with van der Waals surface area (Å²) in [6.45, 7) is 3.37. The number of carboxylic acid groups (broad SMARTS) is 1. The van der Waals surface area contributed by atoms with Crippen molar-refractivity contribution in [3.8, 4) is 0 Å². The Morgan fingerprint density at radius 2 is 2.14 bits per heavy atom. The van der Waals surface area contributed by atoms with Gasteiger partial charge in [0.25, 0.3) is 0 Å². The van der Waals surface area contributed by atoms with E-state index in [0.29, 0.717) is 17.4 Å². The molecule has 14 heavy (non-hydrogen) atoms. The van der Waals surface area contributed by atoms with Gasteiger partial charge in [0.2, 0.25) is 0 Å². The number of aryl methyl sites for hydroxylation is 1. The van der Waals surface area contributed by atoms with Gasteiger partial charge in [-0.05, 0) is 25.0 Å². The molecule has 3 nitrogen and oxygen atoms in total. The van der Waals surface area contributed by atoms with E-state index in [1.165, 1.54) is 0 Å². The first kappa shape index (κ1) is 10.4. The van der Waals surface area contributed by atoms with E-state index in [0.717, 1.165) is 5.56 Å². The first-order valence-corrected chi connectivity index (χ1v) is 4.35. The van der Waals surface area contributed by atoms with Crippen LogP contribution in [0, 0.1) is 6.92 Å². The summed E-state index contributed by atoms with van der Waals surface area (Å²) in [5.74, 6) is -1.56. The van der Waals surface area contributed by atoms with Gasteiger partial charge in [0, 0.05) is 5.56 Å². The number of aliphatic carboxylic acids is 1. The third kappa shape index (κ3) is 1.82. The molecule has 0 bridgehead atoms. The highest BCUT2D eigenvalue weighted by molar-refractivity contribution is 5.85. The molecule has 0 aliphatic carbocycles. The topological polar surface area (TPSA) is 54.4 Å². The van der Waals surface area contributed by atoms with Gasteiger partial charge in [-0.15, -0.1) is 0 Å². The maximum atomic E-state index is 10.8. The van der Waals surface area contributed by atoms with E-state index >= 15 is 0 Å². The van der Waals surface area contributed by atoms with Gasteiger partial charge in [0.15, 0.2) is 6.29 Å². The molecule has 1 rings (SSSR count). The van der Waals surface area contributed by atoms with Crippen molar-refractivity contribution in [1.29, 1.82) is 0 Å². The van der Waals surface area contributed by atoms with Crippen LogP contribution < -0.4 is 0 Å². The number of carbonyl (C=O) groups is 2. The van der Waals surface area contributed by atoms with E-state index < -0.39 is 11.9 Å². The van der Waals surface area contributed by atoms with Crippen molar-refractivity contribution in [3.63, 3.8) is 0 Å². The average Bonchev–Trinajstić information content (AvgIpc) is 2.16. The van der Waals surface area contributed by atoms with Crippen LogP contribution in [0.15, 0.2) is 18.2 Å². The quantitative estimate of drug-likeness (QED) is 0.745. The van der Waals surface area contributed by atoms with E-state index in [2.05, 4.69) is 0 Å². The normalized spacial score (nSPS) is 12.1. The number of aldehydes is 1. The van der Waals surface area contributed by atoms with E-state index in [-0.39, 0.29) is 0 Å². The molecule has 0 amide bonds. The minimum atomic E-state index is -0.918. The second-order valence-electron chi connectivity index (χ2n) is 3.26. The monoisotopic (exact) mass is 192 g/mol. The van der Waals surface area contributed by atoms with Crippen molar-refractivity contribution in [2.75, 3.05) is 0 Å². The molecule has 1 N–H and O–H groups in total. The first-order valence-electron chi connectivity index (χ1n) is 4.35. The fourth-order valence-electron chi connectivity index (χ4n) is 1.37. The van der Waals surface area contributed by atoms with Gasteiger partial charge in [0.05, 0.1) is 5.92 Å². The van der Waals surface area contributed by atoms with Gasteiger partial charge < -0.3 is 5.11 Å². The van der Waals surface area contributed by atoms with Crippen LogP contribution in [0.5, 0.6) is 0 Å². The SMILES string of the molecule is Cc1cccc(C(C)C(=O)O)c1C=O. The van der Waals surface area contributed by atoms with Crippen molar-refractivity contribution in [2.45, 2.75) is 19.8 Å². The summed E-state index contributed by atoms with van der Waals surface area (Å²) in [6.07, 6.45) is 0.712. The predicted octanol–water partition coefficient (Wildman–Crippen LogP) is 2.00. The van der Waals surface area contributed by atoms with E-state index in [1.807, 2.05) is 0 Å². The van der Waals surface area contributed by atoms with Crippen molar-refractivity contribution in [2.24, 2.45) is 0 Å². The number of rotatable bonds is 3. The van der Waals surface area contributed by atoms with Gasteiger partial charge in [-0.2, -0.15) is 0 Å². The van der Waals surface area contributed by atoms with Crippen molar-refractivity contribution >= 4 is 12.3 Å². The molecular formula is C11H12O3. The van der Waals surface area contributed by atoms with E-state index in [1.54, 1.807) is 32.0 Å². The van der Waals surface area contributed by atoms with Crippen LogP contribution in [0.3, 0.4) is 0 Å².